The zero-order chi connectivity index (χ0) is 24.2. The van der Waals surface area contributed by atoms with Crippen molar-refractivity contribution in [1.82, 2.24) is 14.9 Å². The molecule has 3 aromatic rings. The van der Waals surface area contributed by atoms with Crippen molar-refractivity contribution in [2.45, 2.75) is 58.4 Å². The topological polar surface area (TPSA) is 58.6 Å². The second kappa shape index (κ2) is 10.5. The Balaban J connectivity index is 1.46. The summed E-state index contributed by atoms with van der Waals surface area (Å²) >= 11 is 0. The molecule has 1 saturated heterocycles. The summed E-state index contributed by atoms with van der Waals surface area (Å²) in [5, 5.41) is 0. The highest BCUT2D eigenvalue weighted by molar-refractivity contribution is 5.84. The number of aryl methyl sites for hydroxylation is 1. The standard InChI is InChI=1S/C29H34N4O2/c1-3-24(22-12-6-4-7-13-22)28(34)33-18-15-26-25(20-33)27(35-23-14-10-11-21(2)19-23)31-29(30-26)32-16-8-5-9-17-32/h4,6-7,10-14,19,24H,3,5,8-9,15-18,20H2,1-2H3. The van der Waals surface area contributed by atoms with Crippen LogP contribution in [0.2, 0.25) is 0 Å². The van der Waals surface area contributed by atoms with E-state index in [1.165, 1.54) is 6.42 Å². The Morgan fingerprint density at radius 1 is 1.00 bits per heavy atom. The van der Waals surface area contributed by atoms with Gasteiger partial charge < -0.3 is 14.5 Å². The van der Waals surface area contributed by atoms with Crippen LogP contribution in [-0.4, -0.2) is 40.4 Å². The van der Waals surface area contributed by atoms with E-state index in [9.17, 15) is 4.79 Å². The molecule has 2 aliphatic rings. The summed E-state index contributed by atoms with van der Waals surface area (Å²) in [7, 11) is 0. The molecule has 1 fully saturated rings. The van der Waals surface area contributed by atoms with E-state index in [2.05, 4.69) is 24.8 Å². The van der Waals surface area contributed by atoms with Gasteiger partial charge in [0.1, 0.15) is 5.75 Å². The van der Waals surface area contributed by atoms with Crippen LogP contribution in [0.15, 0.2) is 54.6 Å². The number of hydrogen-bond acceptors (Lipinski definition) is 5. The quantitative estimate of drug-likeness (QED) is 0.466. The fourth-order valence-corrected chi connectivity index (χ4v) is 5.13. The maximum atomic E-state index is 13.6. The van der Waals surface area contributed by atoms with Crippen LogP contribution in [0.1, 0.15) is 60.9 Å². The fourth-order valence-electron chi connectivity index (χ4n) is 5.13. The number of fused-ring (bicyclic) bond motifs is 1. The zero-order valence-corrected chi connectivity index (χ0v) is 20.7. The van der Waals surface area contributed by atoms with Crippen molar-refractivity contribution in [2.75, 3.05) is 24.5 Å². The van der Waals surface area contributed by atoms with Gasteiger partial charge in [0.15, 0.2) is 0 Å². The van der Waals surface area contributed by atoms with Crippen LogP contribution in [0.4, 0.5) is 5.95 Å². The van der Waals surface area contributed by atoms with Crippen LogP contribution < -0.4 is 9.64 Å². The van der Waals surface area contributed by atoms with Gasteiger partial charge in [0.05, 0.1) is 23.7 Å². The molecule has 0 bridgehead atoms. The number of amides is 1. The SMILES string of the molecule is CCC(C(=O)N1CCc2nc(N3CCCCC3)nc(Oc3cccc(C)c3)c2C1)c1ccccc1. The Labute approximate surface area is 208 Å². The summed E-state index contributed by atoms with van der Waals surface area (Å²) in [6, 6.07) is 18.1. The van der Waals surface area contributed by atoms with Crippen LogP contribution in [-0.2, 0) is 17.8 Å². The number of ether oxygens (including phenoxy) is 1. The molecule has 6 heteroatoms. The van der Waals surface area contributed by atoms with Gasteiger partial charge in [-0.05, 0) is 55.9 Å². The van der Waals surface area contributed by atoms with E-state index in [1.807, 2.05) is 53.4 Å². The second-order valence-electron chi connectivity index (χ2n) is 9.60. The van der Waals surface area contributed by atoms with E-state index in [4.69, 9.17) is 14.7 Å². The molecule has 1 unspecified atom stereocenters. The Hall–Kier alpha value is -3.41. The van der Waals surface area contributed by atoms with Crippen LogP contribution >= 0.6 is 0 Å². The lowest BCUT2D eigenvalue weighted by Crippen LogP contribution is -2.40. The molecule has 35 heavy (non-hydrogen) atoms. The molecule has 5 rings (SSSR count). The van der Waals surface area contributed by atoms with Crippen molar-refractivity contribution in [3.05, 3.63) is 77.0 Å². The van der Waals surface area contributed by atoms with Crippen molar-refractivity contribution in [3.8, 4) is 11.6 Å². The molecule has 0 saturated carbocycles. The molecule has 6 nitrogen and oxygen atoms in total. The highest BCUT2D eigenvalue weighted by atomic mass is 16.5. The molecule has 1 aromatic heterocycles. The predicted octanol–water partition coefficient (Wildman–Crippen LogP) is 5.65. The first-order valence-electron chi connectivity index (χ1n) is 12.9. The van der Waals surface area contributed by atoms with Gasteiger partial charge in [-0.2, -0.15) is 4.98 Å². The number of aromatic nitrogens is 2. The Bertz CT molecular complexity index is 1170. The molecule has 2 aromatic carbocycles. The van der Waals surface area contributed by atoms with Gasteiger partial charge in [0, 0.05) is 26.1 Å². The van der Waals surface area contributed by atoms with E-state index in [0.717, 1.165) is 66.4 Å². The average molecular weight is 471 g/mol. The largest absolute Gasteiger partial charge is 0.438 e. The van der Waals surface area contributed by atoms with E-state index >= 15 is 0 Å². The highest BCUT2D eigenvalue weighted by Crippen LogP contribution is 2.34. The first-order valence-corrected chi connectivity index (χ1v) is 12.9. The molecular weight excluding hydrogens is 436 g/mol. The Morgan fingerprint density at radius 2 is 1.80 bits per heavy atom. The minimum atomic E-state index is -0.146. The smallest absolute Gasteiger partial charge is 0.230 e. The summed E-state index contributed by atoms with van der Waals surface area (Å²) in [5.74, 6) is 2.10. The average Bonchev–Trinajstić information content (AvgIpc) is 2.90. The molecular formula is C29H34N4O2. The molecule has 182 valence electrons. The van der Waals surface area contributed by atoms with Gasteiger partial charge >= 0.3 is 0 Å². The molecule has 1 amide bonds. The summed E-state index contributed by atoms with van der Waals surface area (Å²) in [5.41, 5.74) is 4.13. The molecule has 0 aliphatic carbocycles. The van der Waals surface area contributed by atoms with Crippen LogP contribution in [0.5, 0.6) is 11.6 Å². The van der Waals surface area contributed by atoms with Crippen LogP contribution in [0.3, 0.4) is 0 Å². The monoisotopic (exact) mass is 470 g/mol. The van der Waals surface area contributed by atoms with Crippen LogP contribution in [0.25, 0.3) is 0 Å². The third-order valence-corrected chi connectivity index (χ3v) is 7.07. The van der Waals surface area contributed by atoms with E-state index in [0.29, 0.717) is 25.4 Å². The number of nitrogens with zero attached hydrogens (tertiary/aromatic N) is 4. The van der Waals surface area contributed by atoms with E-state index in [-0.39, 0.29) is 11.8 Å². The van der Waals surface area contributed by atoms with Gasteiger partial charge in [-0.25, -0.2) is 4.98 Å². The van der Waals surface area contributed by atoms with Crippen molar-refractivity contribution in [1.29, 1.82) is 0 Å². The molecule has 2 aliphatic heterocycles. The molecule has 0 radical (unpaired) electrons. The normalized spacial score (nSPS) is 16.5. The molecule has 3 heterocycles. The zero-order valence-electron chi connectivity index (χ0n) is 20.7. The lowest BCUT2D eigenvalue weighted by atomic mass is 9.94. The molecule has 1 atom stereocenters. The number of carbonyl (C=O) groups excluding carboxylic acids is 1. The third-order valence-electron chi connectivity index (χ3n) is 7.07. The first kappa shape index (κ1) is 23.3. The fraction of sp³-hybridized carbons (Fsp3) is 0.414. The van der Waals surface area contributed by atoms with Crippen molar-refractivity contribution < 1.29 is 9.53 Å². The molecule has 0 N–H and O–H groups in total. The van der Waals surface area contributed by atoms with Gasteiger partial charge in [-0.15, -0.1) is 0 Å². The van der Waals surface area contributed by atoms with Gasteiger partial charge in [-0.1, -0.05) is 49.4 Å². The summed E-state index contributed by atoms with van der Waals surface area (Å²) in [4.78, 5) is 27.7. The van der Waals surface area contributed by atoms with Crippen molar-refractivity contribution in [2.24, 2.45) is 0 Å². The van der Waals surface area contributed by atoms with Crippen LogP contribution in [0, 0.1) is 6.92 Å². The Kier molecular flexibility index (Phi) is 6.98. The minimum Gasteiger partial charge on any atom is -0.438 e. The van der Waals surface area contributed by atoms with Gasteiger partial charge in [-0.3, -0.25) is 4.79 Å². The molecule has 0 spiro atoms. The number of hydrogen-bond donors (Lipinski definition) is 0. The maximum Gasteiger partial charge on any atom is 0.230 e. The number of anilines is 1. The minimum absolute atomic E-state index is 0.146. The lowest BCUT2D eigenvalue weighted by molar-refractivity contribution is -0.133. The van der Waals surface area contributed by atoms with E-state index < -0.39 is 0 Å². The summed E-state index contributed by atoms with van der Waals surface area (Å²) < 4.78 is 6.37. The number of benzene rings is 2. The van der Waals surface area contributed by atoms with Gasteiger partial charge in [0.2, 0.25) is 17.7 Å². The van der Waals surface area contributed by atoms with E-state index in [1.54, 1.807) is 0 Å². The first-order chi connectivity index (χ1) is 17.1. The number of piperidine rings is 1. The Morgan fingerprint density at radius 3 is 2.54 bits per heavy atom. The summed E-state index contributed by atoms with van der Waals surface area (Å²) in [6.07, 6.45) is 5.05. The van der Waals surface area contributed by atoms with Crippen molar-refractivity contribution in [3.63, 3.8) is 0 Å². The van der Waals surface area contributed by atoms with Crippen molar-refractivity contribution >= 4 is 11.9 Å². The third kappa shape index (κ3) is 5.16. The highest BCUT2D eigenvalue weighted by Gasteiger charge is 2.31. The lowest BCUT2D eigenvalue weighted by Gasteiger charge is -2.33. The summed E-state index contributed by atoms with van der Waals surface area (Å²) in [6.45, 7) is 7.21. The maximum absolute atomic E-state index is 13.6. The predicted molar refractivity (Wildman–Crippen MR) is 138 cm³/mol. The number of carbonyl (C=O) groups is 1. The number of rotatable bonds is 6. The second-order valence-corrected chi connectivity index (χ2v) is 9.60. The van der Waals surface area contributed by atoms with Gasteiger partial charge in [0.25, 0.3) is 0 Å².